The number of hydrogen-bond acceptors (Lipinski definition) is 5. The van der Waals surface area contributed by atoms with Gasteiger partial charge in [-0.25, -0.2) is 4.68 Å². The standard InChI is InChI=1S/C13H11N5O4/c1-6(13(21)22)7-2-4-8(5-3-7)18-10-9(14-17-18)11(19)15-16-12(10)20/h2-6H,1H3,(H,15,19)(H,16,20)(H,21,22)/t6-/m1/s1. The molecule has 1 atom stereocenters. The minimum absolute atomic E-state index is 0.0304. The molecule has 2 heterocycles. The number of H-pyrrole nitrogens is 2. The van der Waals surface area contributed by atoms with Crippen LogP contribution in [0.1, 0.15) is 18.4 Å². The fourth-order valence-corrected chi connectivity index (χ4v) is 2.10. The molecule has 22 heavy (non-hydrogen) atoms. The maximum Gasteiger partial charge on any atom is 0.310 e. The minimum atomic E-state index is -0.929. The number of carbonyl (C=O) groups is 1. The van der Waals surface area contributed by atoms with Crippen molar-refractivity contribution < 1.29 is 9.90 Å². The van der Waals surface area contributed by atoms with Gasteiger partial charge in [-0.3, -0.25) is 24.6 Å². The van der Waals surface area contributed by atoms with E-state index >= 15 is 0 Å². The summed E-state index contributed by atoms with van der Waals surface area (Å²) >= 11 is 0. The third-order valence-electron chi connectivity index (χ3n) is 3.40. The number of aromatic nitrogens is 5. The first-order chi connectivity index (χ1) is 10.5. The summed E-state index contributed by atoms with van der Waals surface area (Å²) in [6.45, 7) is 1.58. The summed E-state index contributed by atoms with van der Waals surface area (Å²) in [5, 5.41) is 20.9. The molecule has 0 bridgehead atoms. The first-order valence-electron chi connectivity index (χ1n) is 6.38. The van der Waals surface area contributed by atoms with Gasteiger partial charge in [-0.1, -0.05) is 17.3 Å². The highest BCUT2D eigenvalue weighted by molar-refractivity contribution is 5.76. The zero-order valence-electron chi connectivity index (χ0n) is 11.4. The molecule has 3 aromatic rings. The van der Waals surface area contributed by atoms with Crippen molar-refractivity contribution in [3.63, 3.8) is 0 Å². The second-order valence-corrected chi connectivity index (χ2v) is 4.76. The highest BCUT2D eigenvalue weighted by Gasteiger charge is 2.16. The van der Waals surface area contributed by atoms with E-state index in [0.29, 0.717) is 11.3 Å². The van der Waals surface area contributed by atoms with Crippen LogP contribution in [0.3, 0.4) is 0 Å². The van der Waals surface area contributed by atoms with Gasteiger partial charge in [-0.15, -0.1) is 5.10 Å². The first kappa shape index (κ1) is 13.7. The smallest absolute Gasteiger partial charge is 0.310 e. The summed E-state index contributed by atoms with van der Waals surface area (Å²) in [7, 11) is 0. The Morgan fingerprint density at radius 2 is 1.82 bits per heavy atom. The van der Waals surface area contributed by atoms with Gasteiger partial charge in [0.15, 0.2) is 11.0 Å². The molecule has 9 heteroatoms. The SMILES string of the molecule is C[C@@H](C(=O)O)c1ccc(-n2nnc3c(=O)[nH][nH]c(=O)c32)cc1. The molecule has 0 amide bonds. The summed E-state index contributed by atoms with van der Waals surface area (Å²) in [6, 6.07) is 6.49. The number of aliphatic carboxylic acids is 1. The monoisotopic (exact) mass is 301 g/mol. The lowest BCUT2D eigenvalue weighted by molar-refractivity contribution is -0.138. The van der Waals surface area contributed by atoms with Gasteiger partial charge in [-0.05, 0) is 24.6 Å². The van der Waals surface area contributed by atoms with Crippen LogP contribution in [0.15, 0.2) is 33.9 Å². The molecule has 3 rings (SSSR count). The van der Waals surface area contributed by atoms with E-state index in [4.69, 9.17) is 5.11 Å². The number of carboxylic acid groups (broad SMARTS) is 1. The molecule has 0 aliphatic rings. The second-order valence-electron chi connectivity index (χ2n) is 4.76. The summed E-state index contributed by atoms with van der Waals surface area (Å²) in [5.41, 5.74) is 0.0152. The van der Waals surface area contributed by atoms with Crippen LogP contribution in [0.5, 0.6) is 0 Å². The van der Waals surface area contributed by atoms with Crippen molar-refractivity contribution in [2.45, 2.75) is 12.8 Å². The molecule has 0 unspecified atom stereocenters. The summed E-state index contributed by atoms with van der Waals surface area (Å²) in [5.74, 6) is -1.57. The van der Waals surface area contributed by atoms with E-state index in [1.54, 1.807) is 31.2 Å². The Morgan fingerprint density at radius 3 is 2.45 bits per heavy atom. The second kappa shape index (κ2) is 4.95. The van der Waals surface area contributed by atoms with Gasteiger partial charge in [0.2, 0.25) is 0 Å². The maximum atomic E-state index is 11.8. The molecule has 112 valence electrons. The number of fused-ring (bicyclic) bond motifs is 1. The zero-order chi connectivity index (χ0) is 15.9. The lowest BCUT2D eigenvalue weighted by Gasteiger charge is -2.07. The van der Waals surface area contributed by atoms with Crippen LogP contribution in [-0.4, -0.2) is 36.3 Å². The van der Waals surface area contributed by atoms with Gasteiger partial charge in [0.05, 0.1) is 11.6 Å². The molecular formula is C13H11N5O4. The van der Waals surface area contributed by atoms with Crippen LogP contribution in [-0.2, 0) is 4.79 Å². The Kier molecular flexibility index (Phi) is 3.09. The van der Waals surface area contributed by atoms with Crippen LogP contribution in [0.2, 0.25) is 0 Å². The van der Waals surface area contributed by atoms with E-state index in [1.807, 2.05) is 0 Å². The Morgan fingerprint density at radius 1 is 1.18 bits per heavy atom. The zero-order valence-corrected chi connectivity index (χ0v) is 11.4. The Balaban J connectivity index is 2.13. The maximum absolute atomic E-state index is 11.8. The number of aromatic amines is 2. The van der Waals surface area contributed by atoms with Crippen molar-refractivity contribution in [1.29, 1.82) is 0 Å². The van der Waals surface area contributed by atoms with Gasteiger partial charge >= 0.3 is 5.97 Å². The molecule has 1 aromatic carbocycles. The molecule has 3 N–H and O–H groups in total. The lowest BCUT2D eigenvalue weighted by atomic mass is 10.0. The summed E-state index contributed by atoms with van der Waals surface area (Å²) in [6.07, 6.45) is 0. The van der Waals surface area contributed by atoms with E-state index in [9.17, 15) is 14.4 Å². The minimum Gasteiger partial charge on any atom is -0.481 e. The van der Waals surface area contributed by atoms with Crippen molar-refractivity contribution in [3.05, 3.63) is 50.5 Å². The number of nitrogens with one attached hydrogen (secondary N) is 2. The van der Waals surface area contributed by atoms with Crippen LogP contribution in [0.25, 0.3) is 16.7 Å². The normalized spacial score (nSPS) is 12.4. The number of carboxylic acids is 1. The van der Waals surface area contributed by atoms with Crippen molar-refractivity contribution >= 4 is 17.0 Å². The molecule has 2 aromatic heterocycles. The van der Waals surface area contributed by atoms with E-state index in [0.717, 1.165) is 0 Å². The number of nitrogens with zero attached hydrogens (tertiary/aromatic N) is 3. The van der Waals surface area contributed by atoms with Gasteiger partial charge in [0, 0.05) is 0 Å². The molecule has 0 fully saturated rings. The topological polar surface area (TPSA) is 134 Å². The number of hydrogen-bond donors (Lipinski definition) is 3. The molecule has 0 aliphatic carbocycles. The Bertz CT molecular complexity index is 966. The van der Waals surface area contributed by atoms with Gasteiger partial charge < -0.3 is 5.11 Å². The predicted molar refractivity (Wildman–Crippen MR) is 76.2 cm³/mol. The molecule has 9 nitrogen and oxygen atoms in total. The van der Waals surface area contributed by atoms with Crippen LogP contribution in [0, 0.1) is 0 Å². The van der Waals surface area contributed by atoms with Gasteiger partial charge in [0.25, 0.3) is 11.1 Å². The molecule has 0 spiro atoms. The van der Waals surface area contributed by atoms with Gasteiger partial charge in [-0.2, -0.15) is 0 Å². The van der Waals surface area contributed by atoms with Crippen molar-refractivity contribution in [3.8, 4) is 5.69 Å². The van der Waals surface area contributed by atoms with Crippen LogP contribution in [0.4, 0.5) is 0 Å². The number of rotatable bonds is 3. The molecular weight excluding hydrogens is 290 g/mol. The molecule has 0 aliphatic heterocycles. The summed E-state index contributed by atoms with van der Waals surface area (Å²) < 4.78 is 1.23. The highest BCUT2D eigenvalue weighted by atomic mass is 16.4. The van der Waals surface area contributed by atoms with E-state index in [-0.39, 0.29) is 11.0 Å². The van der Waals surface area contributed by atoms with E-state index in [1.165, 1.54) is 4.68 Å². The Hall–Kier alpha value is -3.23. The average molecular weight is 301 g/mol. The average Bonchev–Trinajstić information content (AvgIpc) is 2.96. The summed E-state index contributed by atoms with van der Waals surface area (Å²) in [4.78, 5) is 34.4. The molecule has 0 saturated carbocycles. The van der Waals surface area contributed by atoms with Crippen LogP contribution < -0.4 is 11.1 Å². The van der Waals surface area contributed by atoms with Gasteiger partial charge in [0.1, 0.15) is 0 Å². The third kappa shape index (κ3) is 2.08. The highest BCUT2D eigenvalue weighted by Crippen LogP contribution is 2.18. The third-order valence-corrected chi connectivity index (χ3v) is 3.40. The quantitative estimate of drug-likeness (QED) is 0.622. The van der Waals surface area contributed by atoms with Crippen molar-refractivity contribution in [2.24, 2.45) is 0 Å². The predicted octanol–water partition coefficient (Wildman–Crippen LogP) is -0.0148. The van der Waals surface area contributed by atoms with Crippen molar-refractivity contribution in [1.82, 2.24) is 25.2 Å². The first-order valence-corrected chi connectivity index (χ1v) is 6.38. The fourth-order valence-electron chi connectivity index (χ4n) is 2.10. The molecule has 0 radical (unpaired) electrons. The Labute approximate surface area is 122 Å². The number of benzene rings is 1. The van der Waals surface area contributed by atoms with E-state index in [2.05, 4.69) is 20.5 Å². The van der Waals surface area contributed by atoms with E-state index < -0.39 is 23.0 Å². The fraction of sp³-hybridized carbons (Fsp3) is 0.154. The van der Waals surface area contributed by atoms with Crippen LogP contribution >= 0.6 is 0 Å². The molecule has 0 saturated heterocycles. The lowest BCUT2D eigenvalue weighted by Crippen LogP contribution is -2.20. The van der Waals surface area contributed by atoms with Crippen molar-refractivity contribution in [2.75, 3.05) is 0 Å². The largest absolute Gasteiger partial charge is 0.481 e.